The first-order chi connectivity index (χ1) is 18.1. The van der Waals surface area contributed by atoms with Crippen molar-refractivity contribution in [3.05, 3.63) is 94.5 Å². The number of Topliss-reactive ketones (excluding diaryl/α,β-unsaturated/α-hetero) is 1. The zero-order valence-electron chi connectivity index (χ0n) is 22.9. The number of carbonyl (C=O) groups is 2. The Morgan fingerprint density at radius 1 is 0.974 bits per heavy atom. The predicted molar refractivity (Wildman–Crippen MR) is 153 cm³/mol. The predicted octanol–water partition coefficient (Wildman–Crippen LogP) is 6.44. The Morgan fingerprint density at radius 3 is 2.18 bits per heavy atom. The Bertz CT molecular complexity index is 1260. The Labute approximate surface area is 230 Å². The van der Waals surface area contributed by atoms with Crippen molar-refractivity contribution in [2.45, 2.75) is 51.2 Å². The number of nitrogens with zero attached hydrogens (tertiary/aromatic N) is 1. The Hall–Kier alpha value is -3.09. The van der Waals surface area contributed by atoms with E-state index in [0.29, 0.717) is 5.75 Å². The van der Waals surface area contributed by atoms with Crippen LogP contribution < -0.4 is 4.74 Å². The summed E-state index contributed by atoms with van der Waals surface area (Å²) in [6, 6.07) is 22.5. The first kappa shape index (κ1) is 27.9. The third-order valence-corrected chi connectivity index (χ3v) is 8.11. The minimum Gasteiger partial charge on any atom is -0.478 e. The number of benzene rings is 3. The fourth-order valence-corrected chi connectivity index (χ4v) is 5.73. The lowest BCUT2D eigenvalue weighted by atomic mass is 9.84. The summed E-state index contributed by atoms with van der Waals surface area (Å²) in [7, 11) is 0. The minimum atomic E-state index is -1.32. The van der Waals surface area contributed by atoms with E-state index < -0.39 is 11.6 Å². The summed E-state index contributed by atoms with van der Waals surface area (Å²) >= 11 is 1.67. The summed E-state index contributed by atoms with van der Waals surface area (Å²) in [5.74, 6) is -0.111. The van der Waals surface area contributed by atoms with Crippen LogP contribution in [-0.2, 0) is 17.8 Å². The maximum Gasteiger partial charge on any atom is 0.347 e. The molecule has 1 N–H and O–H groups in total. The van der Waals surface area contributed by atoms with Gasteiger partial charge in [-0.2, -0.15) is 0 Å². The van der Waals surface area contributed by atoms with Gasteiger partial charge in [0.1, 0.15) is 5.75 Å². The van der Waals surface area contributed by atoms with Crippen LogP contribution in [0.3, 0.4) is 0 Å². The van der Waals surface area contributed by atoms with Crippen molar-refractivity contribution in [3.63, 3.8) is 0 Å². The lowest BCUT2D eigenvalue weighted by molar-refractivity contribution is -0.152. The van der Waals surface area contributed by atoms with Crippen molar-refractivity contribution in [3.8, 4) is 5.75 Å². The molecule has 0 unspecified atom stereocenters. The molecule has 200 valence electrons. The normalized spacial score (nSPS) is 17.9. The lowest BCUT2D eigenvalue weighted by Crippen LogP contribution is -2.38. The molecule has 38 heavy (non-hydrogen) atoms. The van der Waals surface area contributed by atoms with Crippen LogP contribution in [-0.4, -0.2) is 46.7 Å². The number of ether oxygens (including phenoxy) is 1. The molecule has 4 rings (SSSR count). The number of likely N-dealkylation sites (tertiary alicyclic amines) is 1. The Kier molecular flexibility index (Phi) is 8.64. The largest absolute Gasteiger partial charge is 0.478 e. The van der Waals surface area contributed by atoms with Crippen LogP contribution in [0.2, 0.25) is 0 Å². The molecule has 3 aromatic carbocycles. The number of aryl methyl sites for hydroxylation is 2. The van der Waals surface area contributed by atoms with Gasteiger partial charge in [-0.15, -0.1) is 11.8 Å². The van der Waals surface area contributed by atoms with Gasteiger partial charge in [-0.1, -0.05) is 54.6 Å². The fourth-order valence-electron chi connectivity index (χ4n) is 5.32. The van der Waals surface area contributed by atoms with Crippen molar-refractivity contribution in [2.75, 3.05) is 19.3 Å². The number of carbonyl (C=O) groups excluding carboxylic acids is 1. The summed E-state index contributed by atoms with van der Waals surface area (Å²) in [4.78, 5) is 28.9. The highest BCUT2D eigenvalue weighted by Crippen LogP contribution is 2.34. The zero-order chi connectivity index (χ0) is 27.4. The van der Waals surface area contributed by atoms with E-state index in [9.17, 15) is 14.7 Å². The number of rotatable bonds is 10. The van der Waals surface area contributed by atoms with E-state index in [4.69, 9.17) is 4.74 Å². The summed E-state index contributed by atoms with van der Waals surface area (Å²) in [5.41, 5.74) is 3.66. The third kappa shape index (κ3) is 6.48. The van der Waals surface area contributed by atoms with Crippen molar-refractivity contribution in [2.24, 2.45) is 11.8 Å². The summed E-state index contributed by atoms with van der Waals surface area (Å²) in [6.07, 6.45) is 2.81. The first-order valence-electron chi connectivity index (χ1n) is 13.0. The van der Waals surface area contributed by atoms with Crippen LogP contribution in [0, 0.1) is 25.7 Å². The maximum atomic E-state index is 13.7. The van der Waals surface area contributed by atoms with E-state index in [1.165, 1.54) is 5.56 Å². The molecule has 5 nitrogen and oxygen atoms in total. The second-order valence-corrected chi connectivity index (χ2v) is 11.7. The number of hydrogen-bond donors (Lipinski definition) is 1. The molecule has 1 aliphatic heterocycles. The van der Waals surface area contributed by atoms with Gasteiger partial charge >= 0.3 is 5.97 Å². The van der Waals surface area contributed by atoms with Gasteiger partial charge < -0.3 is 9.84 Å². The molecule has 3 aromatic rings. The summed E-state index contributed by atoms with van der Waals surface area (Å²) < 4.78 is 5.91. The van der Waals surface area contributed by atoms with Crippen LogP contribution >= 0.6 is 11.8 Å². The second kappa shape index (κ2) is 11.7. The molecule has 1 saturated heterocycles. The first-order valence-corrected chi connectivity index (χ1v) is 14.3. The molecule has 2 atom stereocenters. The van der Waals surface area contributed by atoms with E-state index >= 15 is 0 Å². The topological polar surface area (TPSA) is 66.8 Å². The van der Waals surface area contributed by atoms with Crippen molar-refractivity contribution in [1.29, 1.82) is 0 Å². The van der Waals surface area contributed by atoms with Gasteiger partial charge in [-0.3, -0.25) is 9.69 Å². The van der Waals surface area contributed by atoms with Gasteiger partial charge in [0, 0.05) is 36.0 Å². The van der Waals surface area contributed by atoms with E-state index in [1.807, 2.05) is 50.4 Å². The molecule has 0 aromatic heterocycles. The maximum absolute atomic E-state index is 13.7. The van der Waals surface area contributed by atoms with Gasteiger partial charge in [-0.05, 0) is 80.7 Å². The summed E-state index contributed by atoms with van der Waals surface area (Å²) in [6.45, 7) is 9.42. The summed E-state index contributed by atoms with van der Waals surface area (Å²) in [5, 5.41) is 9.50. The van der Waals surface area contributed by atoms with Crippen LogP contribution in [0.25, 0.3) is 0 Å². The van der Waals surface area contributed by atoms with Crippen LogP contribution in [0.5, 0.6) is 5.75 Å². The third-order valence-electron chi connectivity index (χ3n) is 7.37. The number of ketones is 1. The number of aliphatic carboxylic acids is 1. The molecule has 0 spiro atoms. The van der Waals surface area contributed by atoms with Gasteiger partial charge in [0.05, 0.1) is 0 Å². The molecule has 1 heterocycles. The monoisotopic (exact) mass is 531 g/mol. The van der Waals surface area contributed by atoms with Gasteiger partial charge in [0.15, 0.2) is 11.4 Å². The molecule has 1 fully saturated rings. The van der Waals surface area contributed by atoms with Crippen LogP contribution in [0.15, 0.2) is 71.6 Å². The van der Waals surface area contributed by atoms with Crippen LogP contribution in [0.4, 0.5) is 0 Å². The molecule has 0 radical (unpaired) electrons. The highest BCUT2D eigenvalue weighted by Gasteiger charge is 2.38. The number of thioether (sulfide) groups is 1. The van der Waals surface area contributed by atoms with Crippen molar-refractivity contribution in [1.82, 2.24) is 4.90 Å². The minimum absolute atomic E-state index is 0.0960. The molecule has 0 amide bonds. The quantitative estimate of drug-likeness (QED) is 0.240. The zero-order valence-corrected chi connectivity index (χ0v) is 23.7. The molecule has 6 heteroatoms. The van der Waals surface area contributed by atoms with Gasteiger partial charge in [0.2, 0.25) is 0 Å². The lowest BCUT2D eigenvalue weighted by Gasteiger charge is -2.25. The van der Waals surface area contributed by atoms with Crippen molar-refractivity contribution >= 4 is 23.5 Å². The van der Waals surface area contributed by atoms with E-state index in [1.54, 1.807) is 25.6 Å². The van der Waals surface area contributed by atoms with E-state index in [0.717, 1.165) is 53.2 Å². The average molecular weight is 532 g/mol. The Balaban J connectivity index is 1.58. The SMILES string of the molecule is CSc1ccc(C(=O)[C@H]2CN(Cc3ccccc3)C[C@@H]2Cc2cc(C)c(OC(C)(C)C(=O)O)c(C)c2)cc1. The second-order valence-electron chi connectivity index (χ2n) is 10.8. The smallest absolute Gasteiger partial charge is 0.347 e. The molecule has 0 saturated carbocycles. The Morgan fingerprint density at radius 2 is 1.61 bits per heavy atom. The van der Waals surface area contributed by atoms with E-state index in [2.05, 4.69) is 41.3 Å². The standard InChI is InChI=1S/C32H37NO4S/c1-21-15-24(16-22(2)30(21)37-32(3,4)31(35)36)17-26-19-33(18-23-9-7-6-8-10-23)20-28(26)29(34)25-11-13-27(38-5)14-12-25/h6-16,26,28H,17-20H2,1-5H3,(H,35,36)/t26-,28-/m0/s1. The number of hydrogen-bond acceptors (Lipinski definition) is 5. The molecular formula is C32H37NO4S. The number of carboxylic acid groups (broad SMARTS) is 1. The molecule has 1 aliphatic rings. The number of carboxylic acids is 1. The van der Waals surface area contributed by atoms with E-state index in [-0.39, 0.29) is 17.6 Å². The van der Waals surface area contributed by atoms with Gasteiger partial charge in [0.25, 0.3) is 0 Å². The molecule has 0 aliphatic carbocycles. The average Bonchev–Trinajstić information content (AvgIpc) is 3.28. The highest BCUT2D eigenvalue weighted by molar-refractivity contribution is 7.98. The molecule has 0 bridgehead atoms. The van der Waals surface area contributed by atoms with Gasteiger partial charge in [-0.25, -0.2) is 4.79 Å². The fraction of sp³-hybridized carbons (Fsp3) is 0.375. The van der Waals surface area contributed by atoms with Crippen LogP contribution in [0.1, 0.15) is 46.5 Å². The highest BCUT2D eigenvalue weighted by atomic mass is 32.2. The van der Waals surface area contributed by atoms with Crippen molar-refractivity contribution < 1.29 is 19.4 Å². The molecular weight excluding hydrogens is 494 g/mol.